The first-order valence-corrected chi connectivity index (χ1v) is 7.50. The average Bonchev–Trinajstić information content (AvgIpc) is 2.94. The molecule has 0 radical (unpaired) electrons. The maximum atomic E-state index is 2.34. The summed E-state index contributed by atoms with van der Waals surface area (Å²) < 4.78 is 2.34. The smallest absolute Gasteiger partial charge is 0.0481 e. The summed E-state index contributed by atoms with van der Waals surface area (Å²) in [5.74, 6) is 0.488. The molecule has 3 rings (SSSR count). The molecule has 0 saturated carbocycles. The zero-order valence-corrected chi connectivity index (χ0v) is 12.9. The number of aryl methyl sites for hydroxylation is 1. The second kappa shape index (κ2) is 5.61. The molecule has 21 heavy (non-hydrogen) atoms. The normalized spacial score (nSPS) is 11.0. The van der Waals surface area contributed by atoms with Gasteiger partial charge in [-0.3, -0.25) is 0 Å². The minimum Gasteiger partial charge on any atom is -0.320 e. The first kappa shape index (κ1) is 13.7. The molecule has 0 aliphatic heterocycles. The summed E-state index contributed by atoms with van der Waals surface area (Å²) >= 11 is 0. The summed E-state index contributed by atoms with van der Waals surface area (Å²) in [5.41, 5.74) is 6.47. The van der Waals surface area contributed by atoms with E-state index < -0.39 is 0 Å². The second-order valence-corrected chi connectivity index (χ2v) is 5.83. The molecule has 0 saturated heterocycles. The van der Waals surface area contributed by atoms with Gasteiger partial charge in [0, 0.05) is 23.1 Å². The Morgan fingerprint density at radius 3 is 2.14 bits per heavy atom. The van der Waals surface area contributed by atoms with E-state index in [0.717, 1.165) is 0 Å². The predicted octanol–water partition coefficient (Wildman–Crippen LogP) is 5.58. The zero-order valence-electron chi connectivity index (χ0n) is 12.9. The molecule has 1 nitrogen and oxygen atoms in total. The van der Waals surface area contributed by atoms with E-state index in [1.54, 1.807) is 0 Å². The molecule has 0 fully saturated rings. The number of benzene rings is 2. The third-order valence-electron chi connectivity index (χ3n) is 3.92. The van der Waals surface area contributed by atoms with Gasteiger partial charge in [-0.2, -0.15) is 0 Å². The van der Waals surface area contributed by atoms with Crippen LogP contribution in [0.25, 0.3) is 16.8 Å². The van der Waals surface area contributed by atoms with E-state index >= 15 is 0 Å². The van der Waals surface area contributed by atoms with Gasteiger partial charge in [0.05, 0.1) is 0 Å². The number of rotatable bonds is 3. The lowest BCUT2D eigenvalue weighted by atomic mass is 10.1. The van der Waals surface area contributed by atoms with Gasteiger partial charge in [-0.05, 0) is 36.1 Å². The van der Waals surface area contributed by atoms with E-state index in [9.17, 15) is 0 Å². The van der Waals surface area contributed by atoms with Gasteiger partial charge in [0.25, 0.3) is 0 Å². The van der Waals surface area contributed by atoms with Crippen LogP contribution >= 0.6 is 0 Å². The fourth-order valence-corrected chi connectivity index (χ4v) is 2.76. The van der Waals surface area contributed by atoms with Crippen LogP contribution in [0.15, 0.2) is 66.9 Å². The Kier molecular flexibility index (Phi) is 3.66. The van der Waals surface area contributed by atoms with Crippen LogP contribution in [0.5, 0.6) is 0 Å². The predicted molar refractivity (Wildman–Crippen MR) is 90.0 cm³/mol. The summed E-state index contributed by atoms with van der Waals surface area (Å²) in [5, 5.41) is 0. The lowest BCUT2D eigenvalue weighted by Crippen LogP contribution is -2.01. The quantitative estimate of drug-likeness (QED) is 0.588. The highest BCUT2D eigenvalue weighted by Gasteiger charge is 2.12. The Balaban J connectivity index is 2.17. The largest absolute Gasteiger partial charge is 0.320 e. The molecule has 2 aromatic carbocycles. The number of aromatic nitrogens is 1. The zero-order chi connectivity index (χ0) is 14.8. The Labute approximate surface area is 126 Å². The Morgan fingerprint density at radius 2 is 1.48 bits per heavy atom. The van der Waals surface area contributed by atoms with Gasteiger partial charge in [0.15, 0.2) is 0 Å². The van der Waals surface area contributed by atoms with Gasteiger partial charge >= 0.3 is 0 Å². The molecule has 1 aromatic heterocycles. The van der Waals surface area contributed by atoms with Gasteiger partial charge in [-0.15, -0.1) is 0 Å². The van der Waals surface area contributed by atoms with Crippen molar-refractivity contribution in [3.63, 3.8) is 0 Å². The van der Waals surface area contributed by atoms with Crippen LogP contribution in [-0.4, -0.2) is 4.57 Å². The standard InChI is InChI=1S/C20H21N/c1-15(2)20-13-18(17-10-5-4-6-11-17)14-21(20)19-12-8-7-9-16(19)3/h4-15H,1-3H3. The van der Waals surface area contributed by atoms with E-state index in [-0.39, 0.29) is 0 Å². The van der Waals surface area contributed by atoms with Gasteiger partial charge in [0.2, 0.25) is 0 Å². The van der Waals surface area contributed by atoms with Crippen molar-refractivity contribution >= 4 is 0 Å². The third kappa shape index (κ3) is 2.64. The molecular weight excluding hydrogens is 254 g/mol. The van der Waals surface area contributed by atoms with Crippen molar-refractivity contribution in [3.8, 4) is 16.8 Å². The highest BCUT2D eigenvalue weighted by Crippen LogP contribution is 2.29. The SMILES string of the molecule is Cc1ccccc1-n1cc(-c2ccccc2)cc1C(C)C. The maximum absolute atomic E-state index is 2.34. The molecule has 3 aromatic rings. The van der Waals surface area contributed by atoms with Crippen LogP contribution in [0.1, 0.15) is 31.0 Å². The van der Waals surface area contributed by atoms with Gasteiger partial charge < -0.3 is 4.57 Å². The minimum atomic E-state index is 0.488. The van der Waals surface area contributed by atoms with Crippen LogP contribution in [0.3, 0.4) is 0 Å². The van der Waals surface area contributed by atoms with Crippen molar-refractivity contribution in [1.29, 1.82) is 0 Å². The summed E-state index contributed by atoms with van der Waals surface area (Å²) in [6, 6.07) is 21.5. The van der Waals surface area contributed by atoms with Crippen molar-refractivity contribution in [2.75, 3.05) is 0 Å². The summed E-state index contributed by atoms with van der Waals surface area (Å²) in [7, 11) is 0. The molecule has 1 heteroatoms. The summed E-state index contributed by atoms with van der Waals surface area (Å²) in [4.78, 5) is 0. The third-order valence-corrected chi connectivity index (χ3v) is 3.92. The fraction of sp³-hybridized carbons (Fsp3) is 0.200. The van der Waals surface area contributed by atoms with Crippen molar-refractivity contribution in [1.82, 2.24) is 4.57 Å². The highest BCUT2D eigenvalue weighted by molar-refractivity contribution is 5.65. The van der Waals surface area contributed by atoms with Crippen LogP contribution < -0.4 is 0 Å². The highest BCUT2D eigenvalue weighted by atomic mass is 15.0. The van der Waals surface area contributed by atoms with Crippen LogP contribution in [0.4, 0.5) is 0 Å². The number of nitrogens with zero attached hydrogens (tertiary/aromatic N) is 1. The molecule has 0 amide bonds. The fourth-order valence-electron chi connectivity index (χ4n) is 2.76. The lowest BCUT2D eigenvalue weighted by Gasteiger charge is -2.13. The molecule has 0 atom stereocenters. The Bertz CT molecular complexity index is 736. The topological polar surface area (TPSA) is 4.93 Å². The van der Waals surface area contributed by atoms with Crippen LogP contribution in [-0.2, 0) is 0 Å². The minimum absolute atomic E-state index is 0.488. The first-order valence-electron chi connectivity index (χ1n) is 7.50. The van der Waals surface area contributed by atoms with E-state index in [2.05, 4.69) is 92.2 Å². The summed E-state index contributed by atoms with van der Waals surface area (Å²) in [6.45, 7) is 6.67. The summed E-state index contributed by atoms with van der Waals surface area (Å²) in [6.07, 6.45) is 2.26. The molecule has 0 spiro atoms. The maximum Gasteiger partial charge on any atom is 0.0481 e. The molecule has 0 aliphatic carbocycles. The molecule has 0 bridgehead atoms. The molecule has 1 heterocycles. The van der Waals surface area contributed by atoms with E-state index in [1.807, 2.05) is 0 Å². The Morgan fingerprint density at radius 1 is 0.810 bits per heavy atom. The molecule has 0 unspecified atom stereocenters. The monoisotopic (exact) mass is 275 g/mol. The molecule has 106 valence electrons. The van der Waals surface area contributed by atoms with Crippen LogP contribution in [0, 0.1) is 6.92 Å². The van der Waals surface area contributed by atoms with Gasteiger partial charge in [0.1, 0.15) is 0 Å². The van der Waals surface area contributed by atoms with Crippen molar-refractivity contribution in [2.45, 2.75) is 26.7 Å². The Hall–Kier alpha value is -2.28. The average molecular weight is 275 g/mol. The number of hydrogen-bond acceptors (Lipinski definition) is 0. The van der Waals surface area contributed by atoms with Gasteiger partial charge in [-0.1, -0.05) is 62.4 Å². The second-order valence-electron chi connectivity index (χ2n) is 5.83. The number of hydrogen-bond donors (Lipinski definition) is 0. The molecule has 0 N–H and O–H groups in total. The van der Waals surface area contributed by atoms with Gasteiger partial charge in [-0.25, -0.2) is 0 Å². The van der Waals surface area contributed by atoms with Crippen molar-refractivity contribution < 1.29 is 0 Å². The van der Waals surface area contributed by atoms with E-state index in [4.69, 9.17) is 0 Å². The van der Waals surface area contributed by atoms with Crippen molar-refractivity contribution in [3.05, 3.63) is 78.1 Å². The van der Waals surface area contributed by atoms with Crippen molar-refractivity contribution in [2.24, 2.45) is 0 Å². The molecular formula is C20H21N. The lowest BCUT2D eigenvalue weighted by molar-refractivity contribution is 0.785. The first-order chi connectivity index (χ1) is 10.2. The number of para-hydroxylation sites is 1. The van der Waals surface area contributed by atoms with Crippen LogP contribution in [0.2, 0.25) is 0 Å². The van der Waals surface area contributed by atoms with E-state index in [1.165, 1.54) is 28.1 Å². The van der Waals surface area contributed by atoms with E-state index in [0.29, 0.717) is 5.92 Å². The molecule has 0 aliphatic rings.